The van der Waals surface area contributed by atoms with E-state index in [1.54, 1.807) is 7.11 Å². The lowest BCUT2D eigenvalue weighted by Gasteiger charge is -2.15. The summed E-state index contributed by atoms with van der Waals surface area (Å²) in [6.07, 6.45) is 1.42. The monoisotopic (exact) mass is 341 g/mol. The van der Waals surface area contributed by atoms with Crippen LogP contribution in [0.25, 0.3) is 0 Å². The second-order valence-electron chi connectivity index (χ2n) is 6.16. The molecule has 0 spiro atoms. The fraction of sp³-hybridized carbons (Fsp3) is 0.421. The van der Waals surface area contributed by atoms with Crippen LogP contribution in [0.4, 0.5) is 0 Å². The number of likely N-dealkylation sites (tertiary alicyclic amines) is 1. The van der Waals surface area contributed by atoms with Crippen molar-refractivity contribution in [3.63, 3.8) is 0 Å². The number of amides is 1. The first-order valence-corrected chi connectivity index (χ1v) is 8.54. The number of benzene rings is 1. The van der Waals surface area contributed by atoms with Gasteiger partial charge in [0.05, 0.1) is 7.11 Å². The minimum absolute atomic E-state index is 0.161. The van der Waals surface area contributed by atoms with E-state index in [0.29, 0.717) is 24.6 Å². The Kier molecular flexibility index (Phi) is 5.16. The first-order valence-electron chi connectivity index (χ1n) is 8.54. The van der Waals surface area contributed by atoms with E-state index in [9.17, 15) is 4.79 Å². The van der Waals surface area contributed by atoms with Crippen LogP contribution < -0.4 is 9.47 Å². The minimum atomic E-state index is 0.161. The molecule has 1 aliphatic rings. The third-order valence-electron chi connectivity index (χ3n) is 4.34. The molecule has 1 aromatic carbocycles. The van der Waals surface area contributed by atoms with Crippen molar-refractivity contribution in [2.45, 2.75) is 32.6 Å². The van der Waals surface area contributed by atoms with Gasteiger partial charge in [-0.25, -0.2) is 4.98 Å². The van der Waals surface area contributed by atoms with Gasteiger partial charge in [-0.2, -0.15) is 4.98 Å². The van der Waals surface area contributed by atoms with Crippen LogP contribution in [0.15, 0.2) is 30.3 Å². The molecule has 1 saturated heterocycles. The van der Waals surface area contributed by atoms with E-state index in [0.717, 1.165) is 30.2 Å². The van der Waals surface area contributed by atoms with E-state index in [1.807, 2.05) is 49.1 Å². The number of nitrogens with zero attached hydrogens (tertiary/aromatic N) is 3. The second kappa shape index (κ2) is 7.51. The lowest BCUT2D eigenvalue weighted by molar-refractivity contribution is -0.129. The molecule has 0 N–H and O–H groups in total. The molecule has 1 aliphatic heterocycles. The predicted molar refractivity (Wildman–Crippen MR) is 94.1 cm³/mol. The summed E-state index contributed by atoms with van der Waals surface area (Å²) in [5.74, 6) is 3.08. The topological polar surface area (TPSA) is 64.6 Å². The molecule has 0 unspecified atom stereocenters. The molecule has 6 nitrogen and oxygen atoms in total. The Morgan fingerprint density at radius 1 is 1.24 bits per heavy atom. The van der Waals surface area contributed by atoms with Gasteiger partial charge in [-0.1, -0.05) is 6.92 Å². The highest BCUT2D eigenvalue weighted by Gasteiger charge is 2.28. The largest absolute Gasteiger partial charge is 0.497 e. The van der Waals surface area contributed by atoms with Crippen LogP contribution in [0.1, 0.15) is 37.2 Å². The van der Waals surface area contributed by atoms with Crippen LogP contribution in [0.2, 0.25) is 0 Å². The first kappa shape index (κ1) is 17.2. The van der Waals surface area contributed by atoms with Gasteiger partial charge in [-0.05, 0) is 37.6 Å². The lowest BCUT2D eigenvalue weighted by Crippen LogP contribution is -2.27. The molecule has 2 heterocycles. The quantitative estimate of drug-likeness (QED) is 0.835. The minimum Gasteiger partial charge on any atom is -0.497 e. The maximum Gasteiger partial charge on any atom is 0.222 e. The second-order valence-corrected chi connectivity index (χ2v) is 6.16. The van der Waals surface area contributed by atoms with Crippen molar-refractivity contribution in [3.05, 3.63) is 41.9 Å². The van der Waals surface area contributed by atoms with Gasteiger partial charge >= 0.3 is 0 Å². The molecule has 132 valence electrons. The molecule has 0 bridgehead atoms. The molecular formula is C19H23N3O3. The average Bonchev–Trinajstić information content (AvgIpc) is 3.11. The molecule has 1 fully saturated rings. The summed E-state index contributed by atoms with van der Waals surface area (Å²) in [7, 11) is 1.63. The van der Waals surface area contributed by atoms with Gasteiger partial charge in [-0.3, -0.25) is 4.79 Å². The molecule has 0 radical (unpaired) electrons. The molecule has 1 atom stereocenters. The molecule has 0 saturated carbocycles. The number of methoxy groups -OCH3 is 1. The van der Waals surface area contributed by atoms with E-state index in [2.05, 4.69) is 9.97 Å². The van der Waals surface area contributed by atoms with Crippen molar-refractivity contribution < 1.29 is 14.3 Å². The number of hydrogen-bond acceptors (Lipinski definition) is 5. The van der Waals surface area contributed by atoms with Gasteiger partial charge in [0.2, 0.25) is 11.8 Å². The normalized spacial score (nSPS) is 16.8. The predicted octanol–water partition coefficient (Wildman–Crippen LogP) is 3.31. The highest BCUT2D eigenvalue weighted by Crippen LogP contribution is 2.28. The van der Waals surface area contributed by atoms with Gasteiger partial charge in [0.15, 0.2) is 0 Å². The van der Waals surface area contributed by atoms with E-state index in [1.165, 1.54) is 0 Å². The van der Waals surface area contributed by atoms with Crippen LogP contribution >= 0.6 is 0 Å². The zero-order valence-electron chi connectivity index (χ0n) is 14.9. The van der Waals surface area contributed by atoms with E-state index >= 15 is 0 Å². The Labute approximate surface area is 147 Å². The first-order chi connectivity index (χ1) is 12.1. The summed E-state index contributed by atoms with van der Waals surface area (Å²) in [6, 6.07) is 9.18. The van der Waals surface area contributed by atoms with E-state index < -0.39 is 0 Å². The van der Waals surface area contributed by atoms with Gasteiger partial charge in [0.1, 0.15) is 17.3 Å². The van der Waals surface area contributed by atoms with Crippen LogP contribution in [-0.2, 0) is 4.79 Å². The van der Waals surface area contributed by atoms with Crippen molar-refractivity contribution in [1.29, 1.82) is 0 Å². The zero-order chi connectivity index (χ0) is 17.8. The van der Waals surface area contributed by atoms with Crippen molar-refractivity contribution in [3.8, 4) is 17.4 Å². The summed E-state index contributed by atoms with van der Waals surface area (Å²) in [6.45, 7) is 5.26. The summed E-state index contributed by atoms with van der Waals surface area (Å²) in [4.78, 5) is 22.9. The Morgan fingerprint density at radius 3 is 2.64 bits per heavy atom. The van der Waals surface area contributed by atoms with Gasteiger partial charge < -0.3 is 14.4 Å². The van der Waals surface area contributed by atoms with Gasteiger partial charge in [-0.15, -0.1) is 0 Å². The third kappa shape index (κ3) is 4.07. The Balaban J connectivity index is 1.75. The molecule has 1 amide bonds. The number of aromatic nitrogens is 2. The number of hydrogen-bond donors (Lipinski definition) is 0. The highest BCUT2D eigenvalue weighted by atomic mass is 16.5. The number of carbonyl (C=O) groups is 1. The van der Waals surface area contributed by atoms with Crippen LogP contribution in [0.5, 0.6) is 17.4 Å². The maximum absolute atomic E-state index is 11.9. The van der Waals surface area contributed by atoms with Gasteiger partial charge in [0.25, 0.3) is 0 Å². The van der Waals surface area contributed by atoms with E-state index in [-0.39, 0.29) is 11.8 Å². The molecule has 25 heavy (non-hydrogen) atoms. The lowest BCUT2D eigenvalue weighted by atomic mass is 10.1. The summed E-state index contributed by atoms with van der Waals surface area (Å²) < 4.78 is 11.0. The van der Waals surface area contributed by atoms with Crippen molar-refractivity contribution in [1.82, 2.24) is 14.9 Å². The van der Waals surface area contributed by atoms with Crippen LogP contribution in [-0.4, -0.2) is 41.0 Å². The SMILES string of the molecule is CCC(=O)N1CC[C@@H](c2nc(C)cc(Oc3ccc(OC)cc3)n2)C1. The Bertz CT molecular complexity index is 746. The highest BCUT2D eigenvalue weighted by molar-refractivity contribution is 5.76. The molecule has 0 aliphatic carbocycles. The fourth-order valence-corrected chi connectivity index (χ4v) is 2.98. The summed E-state index contributed by atoms with van der Waals surface area (Å²) in [5, 5.41) is 0. The van der Waals surface area contributed by atoms with Gasteiger partial charge in [0, 0.05) is 37.2 Å². The molecular weight excluding hydrogens is 318 g/mol. The Morgan fingerprint density at radius 2 is 1.96 bits per heavy atom. The number of rotatable bonds is 5. The Hall–Kier alpha value is -2.63. The van der Waals surface area contributed by atoms with Crippen LogP contribution in [0, 0.1) is 6.92 Å². The smallest absolute Gasteiger partial charge is 0.222 e. The number of carbonyl (C=O) groups excluding carboxylic acids is 1. The molecule has 2 aromatic rings. The standard InChI is InChI=1S/C19H23N3O3/c1-4-18(23)22-10-9-14(12-22)19-20-13(2)11-17(21-19)25-16-7-5-15(24-3)6-8-16/h5-8,11,14H,4,9-10,12H2,1-3H3/t14-/m1/s1. The summed E-state index contributed by atoms with van der Waals surface area (Å²) in [5.41, 5.74) is 0.855. The number of ether oxygens (including phenoxy) is 2. The zero-order valence-corrected chi connectivity index (χ0v) is 14.9. The van der Waals surface area contributed by atoms with Crippen molar-refractivity contribution in [2.24, 2.45) is 0 Å². The number of aryl methyl sites for hydroxylation is 1. The average molecular weight is 341 g/mol. The maximum atomic E-state index is 11.9. The third-order valence-corrected chi connectivity index (χ3v) is 4.34. The molecule has 1 aromatic heterocycles. The van der Waals surface area contributed by atoms with Crippen molar-refractivity contribution in [2.75, 3.05) is 20.2 Å². The van der Waals surface area contributed by atoms with Crippen LogP contribution in [0.3, 0.4) is 0 Å². The van der Waals surface area contributed by atoms with E-state index in [4.69, 9.17) is 9.47 Å². The molecule has 3 rings (SSSR count). The summed E-state index contributed by atoms with van der Waals surface area (Å²) >= 11 is 0. The van der Waals surface area contributed by atoms with Crippen molar-refractivity contribution >= 4 is 5.91 Å². The fourth-order valence-electron chi connectivity index (χ4n) is 2.98. The molecule has 6 heteroatoms.